The number of aromatic carboxylic acids is 1. The third kappa shape index (κ3) is 2.68. The van der Waals surface area contributed by atoms with Gasteiger partial charge in [-0.25, -0.2) is 9.78 Å². The molecule has 1 saturated carbocycles. The molecule has 0 bridgehead atoms. The number of hydrogen-bond acceptors (Lipinski definition) is 4. The zero-order valence-corrected chi connectivity index (χ0v) is 13.5. The smallest absolute Gasteiger partial charge is 0.358 e. The number of carboxylic acid groups (broad SMARTS) is 1. The molecule has 6 heteroatoms. The first-order valence-electron chi connectivity index (χ1n) is 8.02. The van der Waals surface area contributed by atoms with Crippen molar-refractivity contribution < 1.29 is 15.0 Å². The van der Waals surface area contributed by atoms with Crippen LogP contribution >= 0.6 is 0 Å². The Morgan fingerprint density at radius 3 is 2.46 bits per heavy atom. The summed E-state index contributed by atoms with van der Waals surface area (Å²) in [6, 6.07) is 10.1. The standard InChI is InChI=1S/C18H20N2O4/c1-20-13(19-14(17(23)24)15(21)16(20)22)11-18(9-5-6-10-18)12-7-3-2-4-8-12/h2-4,7-8,21H,5-6,9-11H2,1H3,(H,23,24). The van der Waals surface area contributed by atoms with Crippen molar-refractivity contribution in [2.45, 2.75) is 37.5 Å². The molecule has 0 radical (unpaired) electrons. The van der Waals surface area contributed by atoms with Crippen LogP contribution in [0.15, 0.2) is 35.1 Å². The summed E-state index contributed by atoms with van der Waals surface area (Å²) in [4.78, 5) is 27.5. The van der Waals surface area contributed by atoms with E-state index in [2.05, 4.69) is 17.1 Å². The van der Waals surface area contributed by atoms with Gasteiger partial charge in [0.2, 0.25) is 5.75 Å². The van der Waals surface area contributed by atoms with Crippen LogP contribution in [0.3, 0.4) is 0 Å². The van der Waals surface area contributed by atoms with Crippen molar-refractivity contribution in [1.82, 2.24) is 9.55 Å². The van der Waals surface area contributed by atoms with Crippen molar-refractivity contribution >= 4 is 5.97 Å². The summed E-state index contributed by atoms with van der Waals surface area (Å²) in [5, 5.41) is 18.9. The van der Waals surface area contributed by atoms with Gasteiger partial charge >= 0.3 is 5.97 Å². The van der Waals surface area contributed by atoms with E-state index in [1.165, 1.54) is 17.2 Å². The van der Waals surface area contributed by atoms with E-state index in [-0.39, 0.29) is 5.41 Å². The van der Waals surface area contributed by atoms with Crippen molar-refractivity contribution in [2.24, 2.45) is 7.05 Å². The molecule has 0 atom stereocenters. The second-order valence-electron chi connectivity index (χ2n) is 6.42. The summed E-state index contributed by atoms with van der Waals surface area (Å²) in [6.07, 6.45) is 4.59. The maximum atomic E-state index is 12.1. The van der Waals surface area contributed by atoms with Crippen LogP contribution in [0, 0.1) is 0 Å². The maximum Gasteiger partial charge on any atom is 0.358 e. The number of carboxylic acids is 1. The summed E-state index contributed by atoms with van der Waals surface area (Å²) in [6.45, 7) is 0. The van der Waals surface area contributed by atoms with Gasteiger partial charge in [-0.2, -0.15) is 0 Å². The molecule has 1 fully saturated rings. The third-order valence-corrected chi connectivity index (χ3v) is 5.01. The van der Waals surface area contributed by atoms with Crippen LogP contribution in [0.25, 0.3) is 0 Å². The lowest BCUT2D eigenvalue weighted by Crippen LogP contribution is -2.32. The number of aromatic hydroxyl groups is 1. The van der Waals surface area contributed by atoms with Gasteiger partial charge in [0.15, 0.2) is 5.69 Å². The lowest BCUT2D eigenvalue weighted by Gasteiger charge is -2.30. The Hall–Kier alpha value is -2.63. The lowest BCUT2D eigenvalue weighted by atomic mass is 9.76. The van der Waals surface area contributed by atoms with Gasteiger partial charge in [-0.05, 0) is 18.4 Å². The molecule has 126 valence electrons. The van der Waals surface area contributed by atoms with Gasteiger partial charge in [-0.3, -0.25) is 9.36 Å². The Kier molecular flexibility index (Phi) is 4.13. The fourth-order valence-corrected chi connectivity index (χ4v) is 3.66. The fraction of sp³-hybridized carbons (Fsp3) is 0.389. The average Bonchev–Trinajstić information content (AvgIpc) is 3.06. The Balaban J connectivity index is 2.09. The number of hydrogen-bond donors (Lipinski definition) is 2. The predicted molar refractivity (Wildman–Crippen MR) is 88.4 cm³/mol. The first-order chi connectivity index (χ1) is 11.4. The highest BCUT2D eigenvalue weighted by molar-refractivity contribution is 5.88. The first-order valence-corrected chi connectivity index (χ1v) is 8.02. The van der Waals surface area contributed by atoms with E-state index in [9.17, 15) is 19.8 Å². The van der Waals surface area contributed by atoms with Gasteiger partial charge in [0, 0.05) is 18.9 Å². The van der Waals surface area contributed by atoms with Gasteiger partial charge in [0.25, 0.3) is 5.56 Å². The SMILES string of the molecule is Cn1c(CC2(c3ccccc3)CCCC2)nc(C(=O)O)c(O)c1=O. The van der Waals surface area contributed by atoms with Gasteiger partial charge in [-0.15, -0.1) is 0 Å². The predicted octanol–water partition coefficient (Wildman–Crippen LogP) is 2.24. The van der Waals surface area contributed by atoms with Gasteiger partial charge in [-0.1, -0.05) is 43.2 Å². The number of carbonyl (C=O) groups is 1. The summed E-state index contributed by atoms with van der Waals surface area (Å²) < 4.78 is 1.25. The molecular formula is C18H20N2O4. The summed E-state index contributed by atoms with van der Waals surface area (Å²) in [7, 11) is 1.52. The Bertz CT molecular complexity index is 821. The van der Waals surface area contributed by atoms with Crippen molar-refractivity contribution in [3.8, 4) is 5.75 Å². The molecule has 0 unspecified atom stereocenters. The van der Waals surface area contributed by atoms with E-state index in [0.29, 0.717) is 12.2 Å². The molecule has 1 aliphatic rings. The Labute approximate surface area is 139 Å². The first kappa shape index (κ1) is 16.2. The van der Waals surface area contributed by atoms with Crippen molar-refractivity contribution in [3.05, 3.63) is 57.8 Å². The van der Waals surface area contributed by atoms with Gasteiger partial charge < -0.3 is 10.2 Å². The van der Waals surface area contributed by atoms with Gasteiger partial charge in [0.05, 0.1) is 0 Å². The van der Waals surface area contributed by atoms with Crippen molar-refractivity contribution in [1.29, 1.82) is 0 Å². The summed E-state index contributed by atoms with van der Waals surface area (Å²) in [5.74, 6) is -1.82. The minimum atomic E-state index is -1.40. The molecule has 6 nitrogen and oxygen atoms in total. The van der Waals surface area contributed by atoms with Crippen LogP contribution in [0.4, 0.5) is 0 Å². The molecule has 2 aromatic rings. The van der Waals surface area contributed by atoms with E-state index in [1.54, 1.807) is 0 Å². The van der Waals surface area contributed by atoms with E-state index in [0.717, 1.165) is 25.7 Å². The highest BCUT2D eigenvalue weighted by atomic mass is 16.4. The summed E-state index contributed by atoms with van der Waals surface area (Å²) >= 11 is 0. The Morgan fingerprint density at radius 1 is 1.25 bits per heavy atom. The van der Waals surface area contributed by atoms with Crippen molar-refractivity contribution in [3.63, 3.8) is 0 Å². The molecule has 2 N–H and O–H groups in total. The molecule has 1 aliphatic carbocycles. The van der Waals surface area contributed by atoms with Gasteiger partial charge in [0.1, 0.15) is 5.82 Å². The largest absolute Gasteiger partial charge is 0.501 e. The fourth-order valence-electron chi connectivity index (χ4n) is 3.66. The van der Waals surface area contributed by atoms with E-state index < -0.39 is 23.0 Å². The van der Waals surface area contributed by atoms with E-state index >= 15 is 0 Å². The summed E-state index contributed by atoms with van der Waals surface area (Å²) in [5.41, 5.74) is -0.264. The lowest BCUT2D eigenvalue weighted by molar-refractivity contribution is 0.0685. The van der Waals surface area contributed by atoms with E-state index in [4.69, 9.17) is 0 Å². The second-order valence-corrected chi connectivity index (χ2v) is 6.42. The molecule has 0 amide bonds. The van der Waals surface area contributed by atoms with Crippen LogP contribution in [0.1, 0.15) is 47.6 Å². The normalized spacial score (nSPS) is 16.2. The van der Waals surface area contributed by atoms with Crippen LogP contribution in [-0.2, 0) is 18.9 Å². The molecule has 0 aliphatic heterocycles. The van der Waals surface area contributed by atoms with Crippen molar-refractivity contribution in [2.75, 3.05) is 0 Å². The highest BCUT2D eigenvalue weighted by Gasteiger charge is 2.37. The van der Waals surface area contributed by atoms with Crippen LogP contribution in [0.2, 0.25) is 0 Å². The second kappa shape index (κ2) is 6.11. The zero-order chi connectivity index (χ0) is 17.3. The third-order valence-electron chi connectivity index (χ3n) is 5.01. The van der Waals surface area contributed by atoms with Crippen LogP contribution in [0.5, 0.6) is 5.75 Å². The molecule has 3 rings (SSSR count). The molecule has 0 saturated heterocycles. The minimum Gasteiger partial charge on any atom is -0.501 e. The average molecular weight is 328 g/mol. The molecular weight excluding hydrogens is 308 g/mol. The number of nitrogens with zero attached hydrogens (tertiary/aromatic N) is 2. The van der Waals surface area contributed by atoms with Crippen LogP contribution in [-0.4, -0.2) is 25.7 Å². The zero-order valence-electron chi connectivity index (χ0n) is 13.5. The molecule has 1 heterocycles. The number of aromatic nitrogens is 2. The number of rotatable bonds is 4. The van der Waals surface area contributed by atoms with Crippen LogP contribution < -0.4 is 5.56 Å². The van der Waals surface area contributed by atoms with E-state index in [1.807, 2.05) is 18.2 Å². The molecule has 1 aromatic heterocycles. The quantitative estimate of drug-likeness (QED) is 0.898. The highest BCUT2D eigenvalue weighted by Crippen LogP contribution is 2.43. The Morgan fingerprint density at radius 2 is 1.88 bits per heavy atom. The molecule has 0 spiro atoms. The minimum absolute atomic E-state index is 0.148. The molecule has 24 heavy (non-hydrogen) atoms. The monoisotopic (exact) mass is 328 g/mol. The number of benzene rings is 1. The topological polar surface area (TPSA) is 92.4 Å². The molecule has 1 aromatic carbocycles. The maximum absolute atomic E-state index is 12.1.